The van der Waals surface area contributed by atoms with E-state index in [4.69, 9.17) is 42.1 Å². The number of aromatic nitrogens is 3. The van der Waals surface area contributed by atoms with Gasteiger partial charge in [-0.25, -0.2) is 14.8 Å². The fourth-order valence-electron chi connectivity index (χ4n) is 4.65. The number of oxazole rings is 1. The van der Waals surface area contributed by atoms with E-state index in [1.807, 2.05) is 28.8 Å². The maximum Gasteiger partial charge on any atom is 0.335 e. The van der Waals surface area contributed by atoms with Crippen molar-refractivity contribution < 1.29 is 23.8 Å². The van der Waals surface area contributed by atoms with Crippen LogP contribution in [0.3, 0.4) is 0 Å². The third-order valence-electron chi connectivity index (χ3n) is 6.63. The Kier molecular flexibility index (Phi) is 7.34. The van der Waals surface area contributed by atoms with Crippen LogP contribution < -0.4 is 9.47 Å². The maximum atomic E-state index is 11.5. The van der Waals surface area contributed by atoms with E-state index in [1.54, 1.807) is 42.6 Å². The van der Waals surface area contributed by atoms with Gasteiger partial charge < -0.3 is 23.6 Å². The Morgan fingerprint density at radius 1 is 1.07 bits per heavy atom. The molecule has 0 aliphatic carbocycles. The Morgan fingerprint density at radius 3 is 2.73 bits per heavy atom. The number of carboxylic acids is 1. The summed E-state index contributed by atoms with van der Waals surface area (Å²) >= 11 is 12.2. The smallest absolute Gasteiger partial charge is 0.335 e. The predicted octanol–water partition coefficient (Wildman–Crippen LogP) is 5.92. The van der Waals surface area contributed by atoms with Crippen LogP contribution in [0.4, 0.5) is 0 Å². The first-order chi connectivity index (χ1) is 19.4. The highest BCUT2D eigenvalue weighted by atomic mass is 35.5. The van der Waals surface area contributed by atoms with Gasteiger partial charge in [-0.05, 0) is 54.1 Å². The van der Waals surface area contributed by atoms with Gasteiger partial charge in [0.25, 0.3) is 0 Å². The summed E-state index contributed by atoms with van der Waals surface area (Å²) in [5, 5.41) is 10.5. The molecular weight excluding hydrogens is 555 g/mol. The molecule has 0 saturated carbocycles. The van der Waals surface area contributed by atoms with E-state index in [1.165, 1.54) is 6.26 Å². The number of ether oxygens (including phenoxy) is 2. The molecule has 3 aromatic carbocycles. The average Bonchev–Trinajstić information content (AvgIpc) is 3.55. The highest BCUT2D eigenvalue weighted by molar-refractivity contribution is 6.35. The largest absolute Gasteiger partial charge is 0.488 e. The first-order valence-corrected chi connectivity index (χ1v) is 13.3. The summed E-state index contributed by atoms with van der Waals surface area (Å²) < 4.78 is 19.5. The van der Waals surface area contributed by atoms with E-state index >= 15 is 0 Å². The normalized spacial score (nSPS) is 13.8. The van der Waals surface area contributed by atoms with Crippen LogP contribution in [-0.4, -0.2) is 49.7 Å². The van der Waals surface area contributed by atoms with Crippen molar-refractivity contribution in [2.45, 2.75) is 25.8 Å². The minimum Gasteiger partial charge on any atom is -0.488 e. The molecule has 0 spiro atoms. The summed E-state index contributed by atoms with van der Waals surface area (Å²) in [5.41, 5.74) is 2.61. The summed E-state index contributed by atoms with van der Waals surface area (Å²) in [4.78, 5) is 22.8. The highest BCUT2D eigenvalue weighted by Crippen LogP contribution is 2.29. The van der Waals surface area contributed by atoms with Crippen LogP contribution >= 0.6 is 23.2 Å². The van der Waals surface area contributed by atoms with E-state index in [2.05, 4.69) is 9.88 Å². The molecule has 1 N–H and O–H groups in total. The number of carboxylic acid groups (broad SMARTS) is 1. The molecule has 1 aliphatic rings. The summed E-state index contributed by atoms with van der Waals surface area (Å²) in [6.07, 6.45) is 3.13. The molecule has 1 saturated heterocycles. The minimum absolute atomic E-state index is 0.0325. The standard InChI is InChI=1S/C29H24Cl2N4O5/c30-20-5-7-26(23(31)12-20)39-17-18-2-1-3-21(10-18)40-22-13-34(14-22)15-27-33-24-6-4-19(29(36)37)11-25(24)35(27)16-28-32-8-9-38-28/h1-12,22H,13-17H2,(H,36,37). The summed E-state index contributed by atoms with van der Waals surface area (Å²) in [6.45, 7) is 2.73. The summed E-state index contributed by atoms with van der Waals surface area (Å²) in [6, 6.07) is 17.9. The Labute approximate surface area is 239 Å². The second-order valence-electron chi connectivity index (χ2n) is 9.49. The van der Waals surface area contributed by atoms with E-state index in [-0.39, 0.29) is 11.7 Å². The molecule has 1 aliphatic heterocycles. The van der Waals surface area contributed by atoms with Crippen LogP contribution in [-0.2, 0) is 19.7 Å². The molecule has 0 radical (unpaired) electrons. The lowest BCUT2D eigenvalue weighted by molar-refractivity contribution is 0.0124. The first kappa shape index (κ1) is 26.2. The third kappa shape index (κ3) is 5.77. The topological polar surface area (TPSA) is 103 Å². The Bertz CT molecular complexity index is 1660. The summed E-state index contributed by atoms with van der Waals surface area (Å²) in [7, 11) is 0. The van der Waals surface area contributed by atoms with Crippen molar-refractivity contribution in [1.82, 2.24) is 19.4 Å². The number of carbonyl (C=O) groups is 1. The number of aromatic carboxylic acids is 1. The van der Waals surface area contributed by atoms with Crippen LogP contribution in [0.25, 0.3) is 11.0 Å². The van der Waals surface area contributed by atoms with Crippen molar-refractivity contribution in [3.63, 3.8) is 0 Å². The zero-order chi connectivity index (χ0) is 27.6. The number of nitrogens with zero attached hydrogens (tertiary/aromatic N) is 4. The van der Waals surface area contributed by atoms with Gasteiger partial charge in [-0.2, -0.15) is 0 Å². The minimum atomic E-state index is -0.987. The van der Waals surface area contributed by atoms with Crippen LogP contribution in [0.2, 0.25) is 10.0 Å². The number of imidazole rings is 1. The fourth-order valence-corrected chi connectivity index (χ4v) is 5.11. The molecule has 0 unspecified atom stereocenters. The molecule has 1 fully saturated rings. The van der Waals surface area contributed by atoms with Gasteiger partial charge in [0.05, 0.1) is 34.4 Å². The molecule has 9 nitrogen and oxygen atoms in total. The van der Waals surface area contributed by atoms with Crippen molar-refractivity contribution in [2.75, 3.05) is 13.1 Å². The van der Waals surface area contributed by atoms with E-state index in [0.717, 1.165) is 41.3 Å². The molecule has 0 bridgehead atoms. The van der Waals surface area contributed by atoms with Crippen molar-refractivity contribution in [1.29, 1.82) is 0 Å². The van der Waals surface area contributed by atoms with E-state index in [9.17, 15) is 9.90 Å². The number of fused-ring (bicyclic) bond motifs is 1. The fraction of sp³-hybridized carbons (Fsp3) is 0.207. The second kappa shape index (κ2) is 11.2. The second-order valence-corrected chi connectivity index (χ2v) is 10.3. The van der Waals surface area contributed by atoms with Gasteiger partial charge in [-0.1, -0.05) is 35.3 Å². The number of rotatable bonds is 10. The number of benzene rings is 3. The number of hydrogen-bond acceptors (Lipinski definition) is 7. The van der Waals surface area contributed by atoms with E-state index in [0.29, 0.717) is 41.4 Å². The zero-order valence-electron chi connectivity index (χ0n) is 21.2. The molecule has 11 heteroatoms. The number of halogens is 2. The molecule has 2 aromatic heterocycles. The van der Waals surface area contributed by atoms with Gasteiger partial charge in [0.2, 0.25) is 5.89 Å². The number of hydrogen-bond donors (Lipinski definition) is 1. The lowest BCUT2D eigenvalue weighted by atomic mass is 10.1. The van der Waals surface area contributed by atoms with Gasteiger partial charge in [-0.15, -0.1) is 0 Å². The molecular formula is C29H24Cl2N4O5. The molecule has 204 valence electrons. The monoisotopic (exact) mass is 578 g/mol. The molecule has 0 amide bonds. The van der Waals surface area contributed by atoms with Crippen molar-refractivity contribution in [3.05, 3.63) is 106 Å². The zero-order valence-corrected chi connectivity index (χ0v) is 22.7. The number of likely N-dealkylation sites (tertiary alicyclic amines) is 1. The molecule has 3 heterocycles. The highest BCUT2D eigenvalue weighted by Gasteiger charge is 2.30. The lowest BCUT2D eigenvalue weighted by Crippen LogP contribution is -2.53. The van der Waals surface area contributed by atoms with Gasteiger partial charge >= 0.3 is 5.97 Å². The molecule has 40 heavy (non-hydrogen) atoms. The first-order valence-electron chi connectivity index (χ1n) is 12.6. The quantitative estimate of drug-likeness (QED) is 0.218. The Morgan fingerprint density at radius 2 is 1.95 bits per heavy atom. The van der Waals surface area contributed by atoms with Crippen molar-refractivity contribution in [3.8, 4) is 11.5 Å². The van der Waals surface area contributed by atoms with Crippen LogP contribution in [0.15, 0.2) is 77.5 Å². The van der Waals surface area contributed by atoms with Gasteiger partial charge in [0.15, 0.2) is 0 Å². The molecule has 0 atom stereocenters. The van der Waals surface area contributed by atoms with Crippen molar-refractivity contribution in [2.24, 2.45) is 0 Å². The predicted molar refractivity (Wildman–Crippen MR) is 149 cm³/mol. The van der Waals surface area contributed by atoms with Gasteiger partial charge in [-0.3, -0.25) is 4.90 Å². The molecule has 5 aromatic rings. The Hall–Kier alpha value is -4.05. The molecule has 6 rings (SSSR count). The van der Waals surface area contributed by atoms with E-state index < -0.39 is 5.97 Å². The van der Waals surface area contributed by atoms with Gasteiger partial charge in [0.1, 0.15) is 42.8 Å². The Balaban J connectivity index is 1.09. The van der Waals surface area contributed by atoms with Crippen LogP contribution in [0, 0.1) is 0 Å². The summed E-state index contributed by atoms with van der Waals surface area (Å²) in [5.74, 6) is 1.67. The third-order valence-corrected chi connectivity index (χ3v) is 7.16. The van der Waals surface area contributed by atoms with Crippen LogP contribution in [0.5, 0.6) is 11.5 Å². The lowest BCUT2D eigenvalue weighted by Gasteiger charge is -2.38. The van der Waals surface area contributed by atoms with Crippen LogP contribution in [0.1, 0.15) is 27.6 Å². The van der Waals surface area contributed by atoms with Crippen molar-refractivity contribution >= 4 is 40.2 Å². The SMILES string of the molecule is O=C(O)c1ccc2nc(CN3CC(Oc4cccc(COc5ccc(Cl)cc5Cl)c4)C3)n(Cc3ncco3)c2c1. The van der Waals surface area contributed by atoms with Gasteiger partial charge in [0, 0.05) is 18.1 Å². The maximum absolute atomic E-state index is 11.5. The average molecular weight is 579 g/mol.